The minimum absolute atomic E-state index is 0.0966. The standard InChI is InChI=1S/C26H39N5O10/c1-3-38-25(36)28-31(26(37)39-4-2)20-17(15-8-6-5-7-9-15)10-11-18(20)30-12-16(27-29-30)14-40-24-23(35)22(34)21(33)19(13-32)41-24/h10-12,18-24,32-35H,3-9,13-14H2,1-2H3,(H,28,36)/t18-,19-,20-,21-,22+,23+,24+/m1/s1. The van der Waals surface area contributed by atoms with Gasteiger partial charge in [0.15, 0.2) is 6.29 Å². The highest BCUT2D eigenvalue weighted by Crippen LogP contribution is 2.38. The Kier molecular flexibility index (Phi) is 10.7. The Labute approximate surface area is 237 Å². The number of aromatic nitrogens is 3. The number of carbonyl (C=O) groups excluding carboxylic acids is 2. The number of hydrazine groups is 1. The van der Waals surface area contributed by atoms with Gasteiger partial charge in [0, 0.05) is 0 Å². The van der Waals surface area contributed by atoms with Crippen LogP contribution in [0.15, 0.2) is 29.5 Å². The third-order valence-corrected chi connectivity index (χ3v) is 7.32. The number of nitrogens with zero attached hydrogens (tertiary/aromatic N) is 4. The van der Waals surface area contributed by atoms with Crippen LogP contribution in [0.5, 0.6) is 0 Å². The molecule has 0 aromatic carbocycles. The van der Waals surface area contributed by atoms with E-state index in [2.05, 4.69) is 15.7 Å². The number of hydrogen-bond acceptors (Lipinski definition) is 12. The van der Waals surface area contributed by atoms with Crippen LogP contribution < -0.4 is 5.43 Å². The molecule has 0 unspecified atom stereocenters. The number of amides is 2. The summed E-state index contributed by atoms with van der Waals surface area (Å²) in [5.74, 6) is 0. The van der Waals surface area contributed by atoms with Gasteiger partial charge in [-0.2, -0.15) is 0 Å². The first-order valence-electron chi connectivity index (χ1n) is 13.9. The van der Waals surface area contributed by atoms with E-state index in [1.165, 1.54) is 10.3 Å². The molecular weight excluding hydrogens is 542 g/mol. The fraction of sp³-hybridized carbons (Fsp3) is 0.692. The van der Waals surface area contributed by atoms with Crippen molar-refractivity contribution in [2.45, 2.75) is 95.3 Å². The second-order valence-electron chi connectivity index (χ2n) is 10.0. The summed E-state index contributed by atoms with van der Waals surface area (Å²) in [5.41, 5.74) is 4.95. The average molecular weight is 582 g/mol. The minimum atomic E-state index is -1.57. The first kappa shape index (κ1) is 30.9. The lowest BCUT2D eigenvalue weighted by Crippen LogP contribution is -2.59. The van der Waals surface area contributed by atoms with Crippen LogP contribution in [0.3, 0.4) is 0 Å². The second-order valence-corrected chi connectivity index (χ2v) is 10.0. The normalized spacial score (nSPS) is 29.9. The van der Waals surface area contributed by atoms with Crippen molar-refractivity contribution in [2.24, 2.45) is 0 Å². The van der Waals surface area contributed by atoms with E-state index in [1.807, 2.05) is 12.2 Å². The summed E-state index contributed by atoms with van der Waals surface area (Å²) in [7, 11) is 0. The van der Waals surface area contributed by atoms with E-state index in [-0.39, 0.29) is 19.8 Å². The molecule has 228 valence electrons. The summed E-state index contributed by atoms with van der Waals surface area (Å²) < 4.78 is 22.8. The van der Waals surface area contributed by atoms with Crippen LogP contribution in [0.4, 0.5) is 9.59 Å². The predicted octanol–water partition coefficient (Wildman–Crippen LogP) is 0.454. The SMILES string of the molecule is CCOC(=O)NN(C(=O)OCC)[C@@H]1C(=C2CCCCC2)C=C[C@H]1n1cc(CO[C@H]2O[C@H](CO)[C@@H](O)[C@H](O)[C@@H]2O)nn1. The van der Waals surface area contributed by atoms with Gasteiger partial charge in [0.25, 0.3) is 0 Å². The Balaban J connectivity index is 1.57. The van der Waals surface area contributed by atoms with Crippen LogP contribution in [0, 0.1) is 0 Å². The van der Waals surface area contributed by atoms with Crippen molar-refractivity contribution in [1.29, 1.82) is 0 Å². The Morgan fingerprint density at radius 1 is 1.10 bits per heavy atom. The Bertz CT molecular complexity index is 1100. The van der Waals surface area contributed by atoms with Crippen molar-refractivity contribution in [3.63, 3.8) is 0 Å². The summed E-state index contributed by atoms with van der Waals surface area (Å²) >= 11 is 0. The topological polar surface area (TPSA) is 198 Å². The van der Waals surface area contributed by atoms with Gasteiger partial charge in [0.1, 0.15) is 36.2 Å². The molecular formula is C26H39N5O10. The van der Waals surface area contributed by atoms with Crippen LogP contribution in [0.1, 0.15) is 57.7 Å². The Morgan fingerprint density at radius 2 is 1.83 bits per heavy atom. The van der Waals surface area contributed by atoms with Crippen molar-refractivity contribution >= 4 is 12.2 Å². The number of allylic oxidation sites excluding steroid dienone is 1. The van der Waals surface area contributed by atoms with Gasteiger partial charge in [-0.1, -0.05) is 29.4 Å². The zero-order valence-electron chi connectivity index (χ0n) is 23.2. The van der Waals surface area contributed by atoms with E-state index in [0.717, 1.165) is 42.7 Å². The van der Waals surface area contributed by atoms with Crippen molar-refractivity contribution in [2.75, 3.05) is 19.8 Å². The summed E-state index contributed by atoms with van der Waals surface area (Å²) in [6, 6.07) is -1.27. The number of rotatable bonds is 8. The van der Waals surface area contributed by atoms with E-state index in [1.54, 1.807) is 20.0 Å². The fourth-order valence-corrected chi connectivity index (χ4v) is 5.29. The maximum absolute atomic E-state index is 13.1. The molecule has 2 heterocycles. The third-order valence-electron chi connectivity index (χ3n) is 7.32. The lowest BCUT2D eigenvalue weighted by molar-refractivity contribution is -0.304. The monoisotopic (exact) mass is 581 g/mol. The first-order chi connectivity index (χ1) is 19.8. The molecule has 0 spiro atoms. The molecule has 3 aliphatic rings. The summed E-state index contributed by atoms with van der Waals surface area (Å²) in [6.07, 6.45) is 1.70. The van der Waals surface area contributed by atoms with Crippen molar-refractivity contribution in [3.05, 3.63) is 35.2 Å². The molecule has 2 fully saturated rings. The maximum atomic E-state index is 13.1. The average Bonchev–Trinajstić information content (AvgIpc) is 3.62. The second kappa shape index (κ2) is 14.2. The van der Waals surface area contributed by atoms with Gasteiger partial charge < -0.3 is 39.4 Å². The molecule has 1 aromatic heterocycles. The first-order valence-corrected chi connectivity index (χ1v) is 13.9. The molecule has 0 bridgehead atoms. The lowest BCUT2D eigenvalue weighted by Gasteiger charge is -2.39. The smallest absolute Gasteiger partial charge is 0.429 e. The van der Waals surface area contributed by atoms with Gasteiger partial charge in [0.2, 0.25) is 0 Å². The van der Waals surface area contributed by atoms with Gasteiger partial charge in [-0.05, 0) is 45.1 Å². The quantitative estimate of drug-likeness (QED) is 0.266. The summed E-state index contributed by atoms with van der Waals surface area (Å²) in [6.45, 7) is 2.78. The molecule has 1 saturated carbocycles. The van der Waals surface area contributed by atoms with E-state index < -0.39 is 61.6 Å². The van der Waals surface area contributed by atoms with Gasteiger partial charge in [-0.25, -0.2) is 24.7 Å². The Morgan fingerprint density at radius 3 is 2.51 bits per heavy atom. The van der Waals surface area contributed by atoms with E-state index in [4.69, 9.17) is 18.9 Å². The highest BCUT2D eigenvalue weighted by Gasteiger charge is 2.44. The number of nitrogens with one attached hydrogen (secondary N) is 1. The van der Waals surface area contributed by atoms with E-state index in [9.17, 15) is 30.0 Å². The molecule has 1 saturated heterocycles. The van der Waals surface area contributed by atoms with Crippen molar-refractivity contribution in [3.8, 4) is 0 Å². The predicted molar refractivity (Wildman–Crippen MR) is 140 cm³/mol. The van der Waals surface area contributed by atoms with Gasteiger partial charge in [-0.15, -0.1) is 5.10 Å². The zero-order chi connectivity index (χ0) is 29.5. The molecule has 2 amide bonds. The van der Waals surface area contributed by atoms with Crippen LogP contribution in [-0.2, 0) is 25.6 Å². The molecule has 15 nitrogen and oxygen atoms in total. The molecule has 0 radical (unpaired) electrons. The summed E-state index contributed by atoms with van der Waals surface area (Å²) in [4.78, 5) is 25.6. The highest BCUT2D eigenvalue weighted by atomic mass is 16.7. The van der Waals surface area contributed by atoms with Gasteiger partial charge >= 0.3 is 12.2 Å². The third kappa shape index (κ3) is 7.05. The molecule has 41 heavy (non-hydrogen) atoms. The van der Waals surface area contributed by atoms with Crippen molar-refractivity contribution in [1.82, 2.24) is 25.4 Å². The van der Waals surface area contributed by atoms with Crippen LogP contribution >= 0.6 is 0 Å². The minimum Gasteiger partial charge on any atom is -0.449 e. The van der Waals surface area contributed by atoms with E-state index in [0.29, 0.717) is 5.69 Å². The zero-order valence-corrected chi connectivity index (χ0v) is 23.2. The lowest BCUT2D eigenvalue weighted by atomic mass is 9.88. The van der Waals surface area contributed by atoms with E-state index >= 15 is 0 Å². The molecule has 15 heteroatoms. The number of aliphatic hydroxyl groups excluding tert-OH is 4. The molecule has 5 N–H and O–H groups in total. The van der Waals surface area contributed by atoms with Crippen molar-refractivity contribution < 1.29 is 49.0 Å². The molecule has 7 atom stereocenters. The maximum Gasteiger partial charge on any atom is 0.429 e. The largest absolute Gasteiger partial charge is 0.449 e. The van der Waals surface area contributed by atoms with Crippen LogP contribution in [0.2, 0.25) is 0 Å². The number of ether oxygens (including phenoxy) is 4. The molecule has 1 aromatic rings. The summed E-state index contributed by atoms with van der Waals surface area (Å²) in [5, 5.41) is 49.1. The highest BCUT2D eigenvalue weighted by molar-refractivity contribution is 5.75. The Hall–Kier alpha value is -3.08. The number of aliphatic hydroxyl groups is 4. The van der Waals surface area contributed by atoms with Gasteiger partial charge in [0.05, 0.1) is 38.7 Å². The van der Waals surface area contributed by atoms with Gasteiger partial charge in [-0.3, -0.25) is 0 Å². The number of carbonyl (C=O) groups is 2. The number of hydrogen-bond donors (Lipinski definition) is 5. The van der Waals surface area contributed by atoms with Crippen LogP contribution in [-0.4, -0.2) is 109 Å². The fourth-order valence-electron chi connectivity index (χ4n) is 5.29. The molecule has 2 aliphatic carbocycles. The molecule has 1 aliphatic heterocycles. The molecule has 4 rings (SSSR count). The van der Waals surface area contributed by atoms with Crippen LogP contribution in [0.25, 0.3) is 0 Å².